The van der Waals surface area contributed by atoms with Crippen LogP contribution in [0.4, 0.5) is 0 Å². The predicted octanol–water partition coefficient (Wildman–Crippen LogP) is 2.81. The zero-order chi connectivity index (χ0) is 12.7. The second kappa shape index (κ2) is 4.79. The summed E-state index contributed by atoms with van der Waals surface area (Å²) in [4.78, 5) is 0. The summed E-state index contributed by atoms with van der Waals surface area (Å²) in [6.07, 6.45) is 4.57. The first-order valence-corrected chi connectivity index (χ1v) is 10.7. The van der Waals surface area contributed by atoms with Crippen LogP contribution in [0.15, 0.2) is 53.2 Å². The fourth-order valence-corrected chi connectivity index (χ4v) is 12.3. The fourth-order valence-electron chi connectivity index (χ4n) is 2.32. The van der Waals surface area contributed by atoms with Crippen molar-refractivity contribution in [2.45, 2.75) is 0 Å². The number of rotatable bonds is 1. The zero-order valence-corrected chi connectivity index (χ0v) is 13.6. The van der Waals surface area contributed by atoms with E-state index in [2.05, 4.69) is 65.4 Å². The van der Waals surface area contributed by atoms with Gasteiger partial charge in [0.2, 0.25) is 0 Å². The number of thiophene rings is 2. The van der Waals surface area contributed by atoms with Gasteiger partial charge in [-0.25, -0.2) is 0 Å². The van der Waals surface area contributed by atoms with Crippen LogP contribution in [0.25, 0.3) is 12.2 Å². The summed E-state index contributed by atoms with van der Waals surface area (Å²) in [5, 5.41) is 4.47. The first-order chi connectivity index (χ1) is 9.43. The Labute approximate surface area is 125 Å². The minimum atomic E-state index is -1.33. The Morgan fingerprint density at radius 2 is 1.26 bits per heavy atom. The van der Waals surface area contributed by atoms with E-state index in [-0.39, 0.29) is 0 Å². The normalized spacial score (nSPS) is 13.9. The van der Waals surface area contributed by atoms with Crippen LogP contribution in [0.3, 0.4) is 0 Å². The number of hydrogen-bond acceptors (Lipinski definition) is 2. The van der Waals surface area contributed by atoms with Gasteiger partial charge in [-0.15, -0.1) is 0 Å². The van der Waals surface area contributed by atoms with Gasteiger partial charge in [-0.2, -0.15) is 0 Å². The molecule has 0 radical (unpaired) electrons. The quantitative estimate of drug-likeness (QED) is 0.467. The molecule has 3 heterocycles. The third-order valence-electron chi connectivity index (χ3n) is 3.21. The molecule has 0 aliphatic carbocycles. The van der Waals surface area contributed by atoms with E-state index in [1.807, 2.05) is 22.7 Å². The monoisotopic (exact) mass is 342 g/mol. The minimum absolute atomic E-state index is 1.33. The van der Waals surface area contributed by atoms with Crippen LogP contribution in [0.5, 0.6) is 0 Å². The van der Waals surface area contributed by atoms with Gasteiger partial charge in [-0.05, 0) is 0 Å². The molecule has 1 aliphatic rings. The van der Waals surface area contributed by atoms with Crippen molar-refractivity contribution in [2.24, 2.45) is 0 Å². The summed E-state index contributed by atoms with van der Waals surface area (Å²) < 4.78 is 4.75. The standard InChI is InChI=1S/C16H11AsS2/c1-2-4-14(5-3-1)17-15-12(8-10-18-15)6-7-13-9-11-19-16(13)17/h1-11H. The van der Waals surface area contributed by atoms with Crippen molar-refractivity contribution in [1.82, 2.24) is 0 Å². The molecule has 0 atom stereocenters. The Bertz CT molecular complexity index is 693. The third-order valence-corrected chi connectivity index (χ3v) is 12.4. The first kappa shape index (κ1) is 11.7. The van der Waals surface area contributed by atoms with Crippen molar-refractivity contribution in [3.8, 4) is 0 Å². The second-order valence-corrected chi connectivity index (χ2v) is 11.9. The van der Waals surface area contributed by atoms with E-state index in [1.165, 1.54) is 15.5 Å². The van der Waals surface area contributed by atoms with Gasteiger partial charge in [0, 0.05) is 0 Å². The first-order valence-electron chi connectivity index (χ1n) is 6.12. The molecule has 0 unspecified atom stereocenters. The van der Waals surface area contributed by atoms with Gasteiger partial charge in [-0.3, -0.25) is 0 Å². The van der Waals surface area contributed by atoms with Crippen LogP contribution in [0, 0.1) is 0 Å². The Kier molecular flexibility index (Phi) is 2.95. The van der Waals surface area contributed by atoms with Crippen LogP contribution in [0.2, 0.25) is 0 Å². The maximum absolute atomic E-state index is 2.30. The van der Waals surface area contributed by atoms with E-state index < -0.39 is 14.7 Å². The molecule has 4 rings (SSSR count). The summed E-state index contributed by atoms with van der Waals surface area (Å²) in [7, 11) is 0. The third kappa shape index (κ3) is 1.95. The SMILES string of the molecule is C1=Cc2ccsc2[As](c2ccccc2)c2sccc21. The van der Waals surface area contributed by atoms with Crippen molar-refractivity contribution in [3.05, 3.63) is 64.4 Å². The van der Waals surface area contributed by atoms with Crippen molar-refractivity contribution in [3.63, 3.8) is 0 Å². The molecule has 0 amide bonds. The molecular weight excluding hydrogens is 331 g/mol. The van der Waals surface area contributed by atoms with Gasteiger partial charge in [0.15, 0.2) is 0 Å². The molecule has 0 fully saturated rings. The van der Waals surface area contributed by atoms with Crippen LogP contribution in [0.1, 0.15) is 11.1 Å². The van der Waals surface area contributed by atoms with Gasteiger partial charge in [0.05, 0.1) is 0 Å². The van der Waals surface area contributed by atoms with E-state index in [0.717, 1.165) is 0 Å². The van der Waals surface area contributed by atoms with Crippen LogP contribution in [-0.2, 0) is 0 Å². The van der Waals surface area contributed by atoms with Gasteiger partial charge in [0.25, 0.3) is 0 Å². The molecule has 0 bridgehead atoms. The Balaban J connectivity index is 1.99. The van der Waals surface area contributed by atoms with Crippen molar-refractivity contribution >= 4 is 61.2 Å². The molecule has 92 valence electrons. The van der Waals surface area contributed by atoms with Crippen LogP contribution < -0.4 is 11.7 Å². The molecule has 0 saturated carbocycles. The van der Waals surface area contributed by atoms with Gasteiger partial charge >= 0.3 is 126 Å². The summed E-state index contributed by atoms with van der Waals surface area (Å²) in [6.45, 7) is 0. The van der Waals surface area contributed by atoms with Crippen molar-refractivity contribution < 1.29 is 0 Å². The van der Waals surface area contributed by atoms with Crippen LogP contribution in [-0.4, -0.2) is 14.7 Å². The molecular formula is C16H11AsS2. The van der Waals surface area contributed by atoms with Gasteiger partial charge < -0.3 is 0 Å². The Morgan fingerprint density at radius 1 is 0.684 bits per heavy atom. The Hall–Kier alpha value is -1.08. The molecule has 1 aliphatic heterocycles. The summed E-state index contributed by atoms with van der Waals surface area (Å²) in [5.74, 6) is 0. The molecule has 3 heteroatoms. The molecule has 0 saturated heterocycles. The van der Waals surface area contributed by atoms with E-state index in [4.69, 9.17) is 0 Å². The molecule has 0 N–H and O–H groups in total. The van der Waals surface area contributed by atoms with E-state index in [1.54, 1.807) is 7.33 Å². The van der Waals surface area contributed by atoms with Crippen molar-refractivity contribution in [2.75, 3.05) is 0 Å². The second-order valence-electron chi connectivity index (χ2n) is 4.37. The Morgan fingerprint density at radius 3 is 1.84 bits per heavy atom. The average molecular weight is 342 g/mol. The molecule has 0 nitrogen and oxygen atoms in total. The molecule has 1 aromatic carbocycles. The molecule has 19 heavy (non-hydrogen) atoms. The number of fused-ring (bicyclic) bond motifs is 2. The molecule has 0 spiro atoms. The summed E-state index contributed by atoms with van der Waals surface area (Å²) in [6, 6.07) is 15.6. The van der Waals surface area contributed by atoms with Crippen molar-refractivity contribution in [1.29, 1.82) is 0 Å². The van der Waals surface area contributed by atoms with Gasteiger partial charge in [-0.1, -0.05) is 0 Å². The van der Waals surface area contributed by atoms with E-state index in [0.29, 0.717) is 0 Å². The van der Waals surface area contributed by atoms with E-state index >= 15 is 0 Å². The topological polar surface area (TPSA) is 0 Å². The average Bonchev–Trinajstić information content (AvgIpc) is 3.07. The van der Waals surface area contributed by atoms with Gasteiger partial charge in [0.1, 0.15) is 0 Å². The summed E-state index contributed by atoms with van der Waals surface area (Å²) >= 11 is 2.52. The molecule has 2 aromatic heterocycles. The predicted molar refractivity (Wildman–Crippen MR) is 88.7 cm³/mol. The number of hydrogen-bond donors (Lipinski definition) is 0. The van der Waals surface area contributed by atoms with E-state index in [9.17, 15) is 0 Å². The molecule has 3 aromatic rings. The fraction of sp³-hybridized carbons (Fsp3) is 0. The summed E-state index contributed by atoms with van der Waals surface area (Å²) in [5.41, 5.74) is 2.86. The number of benzene rings is 1. The van der Waals surface area contributed by atoms with Crippen LogP contribution >= 0.6 is 22.7 Å². The zero-order valence-electron chi connectivity index (χ0n) is 10.1. The maximum atomic E-state index is 2.30.